The number of aryl methyl sites for hydroxylation is 2. The van der Waals surface area contributed by atoms with Gasteiger partial charge in [0.2, 0.25) is 0 Å². The van der Waals surface area contributed by atoms with Gasteiger partial charge in [0, 0.05) is 19.8 Å². The smallest absolute Gasteiger partial charge is 0.176 e. The van der Waals surface area contributed by atoms with Crippen LogP contribution in [0.4, 0.5) is 0 Å². The van der Waals surface area contributed by atoms with Crippen LogP contribution < -0.4 is 11.5 Å². The van der Waals surface area contributed by atoms with Crippen LogP contribution in [-0.2, 0) is 31.8 Å². The van der Waals surface area contributed by atoms with Crippen LogP contribution in [0.1, 0.15) is 24.0 Å². The minimum atomic E-state index is -0.635. The monoisotopic (exact) mass is 554 g/mol. The van der Waals surface area contributed by atoms with Crippen LogP contribution in [0.3, 0.4) is 0 Å². The number of benzene rings is 4. The van der Waals surface area contributed by atoms with Gasteiger partial charge in [-0.2, -0.15) is 0 Å². The Bertz CT molecular complexity index is 1410. The van der Waals surface area contributed by atoms with Gasteiger partial charge in [-0.05, 0) is 58.4 Å². The van der Waals surface area contributed by atoms with Crippen LogP contribution in [0.2, 0.25) is 0 Å². The van der Waals surface area contributed by atoms with Crippen molar-refractivity contribution in [1.82, 2.24) is 0 Å². The van der Waals surface area contributed by atoms with E-state index in [1.165, 1.54) is 32.7 Å². The molecule has 5 rings (SSSR count). The highest BCUT2D eigenvalue weighted by atomic mass is 16.7. The Labute approximate surface area is 243 Å². The molecule has 0 radical (unpaired) electrons. The maximum Gasteiger partial charge on any atom is 0.176 e. The summed E-state index contributed by atoms with van der Waals surface area (Å²) in [7, 11) is 0. The minimum Gasteiger partial charge on any atom is -0.374 e. The Morgan fingerprint density at radius 3 is 1.78 bits per heavy atom. The predicted octanol–water partition coefficient (Wildman–Crippen LogP) is 5.54. The highest BCUT2D eigenvalue weighted by Gasteiger charge is 2.45. The third kappa shape index (κ3) is 7.60. The van der Waals surface area contributed by atoms with Crippen molar-refractivity contribution in [2.75, 3.05) is 26.4 Å². The summed E-state index contributed by atoms with van der Waals surface area (Å²) in [6, 6.07) is 29.6. The number of rotatable bonds is 14. The quantitative estimate of drug-likeness (QED) is 0.157. The fraction of sp³-hybridized carbons (Fsp3) is 0.371. The predicted molar refractivity (Wildman–Crippen MR) is 166 cm³/mol. The zero-order valence-electron chi connectivity index (χ0n) is 23.7. The molecule has 4 aromatic carbocycles. The van der Waals surface area contributed by atoms with Crippen molar-refractivity contribution >= 4 is 21.5 Å². The average molecular weight is 555 g/mol. The molecule has 0 amide bonds. The normalized spacial score (nSPS) is 22.7. The Balaban J connectivity index is 1.18. The first-order valence-electron chi connectivity index (χ1n) is 14.7. The van der Waals surface area contributed by atoms with E-state index >= 15 is 0 Å². The van der Waals surface area contributed by atoms with Crippen molar-refractivity contribution in [3.05, 3.63) is 109 Å². The maximum absolute atomic E-state index is 6.64. The summed E-state index contributed by atoms with van der Waals surface area (Å²) in [6.07, 6.45) is 3.45. The van der Waals surface area contributed by atoms with E-state index in [4.69, 9.17) is 30.4 Å². The largest absolute Gasteiger partial charge is 0.374 e. The summed E-state index contributed by atoms with van der Waals surface area (Å²) < 4.78 is 24.8. The number of hydrogen-bond donors (Lipinski definition) is 2. The molecule has 4 unspecified atom stereocenters. The highest BCUT2D eigenvalue weighted by molar-refractivity contribution is 5.83. The lowest BCUT2D eigenvalue weighted by molar-refractivity contribution is -0.270. The SMILES string of the molecule is C=CCOC1OC(CN)C(OCCCc2ccc3ccccc3c2)[C@@H](OCCCc2ccc3ccccc3c2)C1N. The Kier molecular flexibility index (Phi) is 10.5. The van der Waals surface area contributed by atoms with Crippen LogP contribution >= 0.6 is 0 Å². The van der Waals surface area contributed by atoms with E-state index < -0.39 is 18.4 Å². The number of nitrogens with two attached hydrogens (primary N) is 2. The first-order chi connectivity index (χ1) is 20.2. The average Bonchev–Trinajstić information content (AvgIpc) is 3.01. The van der Waals surface area contributed by atoms with Gasteiger partial charge in [-0.25, -0.2) is 0 Å². The first-order valence-corrected chi connectivity index (χ1v) is 14.7. The van der Waals surface area contributed by atoms with Gasteiger partial charge in [0.25, 0.3) is 0 Å². The third-order valence-corrected chi connectivity index (χ3v) is 7.77. The number of hydrogen-bond acceptors (Lipinski definition) is 6. The summed E-state index contributed by atoms with van der Waals surface area (Å²) in [5.41, 5.74) is 15.4. The molecule has 0 saturated carbocycles. The van der Waals surface area contributed by atoms with Gasteiger partial charge < -0.3 is 30.4 Å². The van der Waals surface area contributed by atoms with Crippen LogP contribution in [-0.4, -0.2) is 57.0 Å². The van der Waals surface area contributed by atoms with Crippen LogP contribution in [0.15, 0.2) is 97.6 Å². The summed E-state index contributed by atoms with van der Waals surface area (Å²) in [4.78, 5) is 0. The topological polar surface area (TPSA) is 89.0 Å². The minimum absolute atomic E-state index is 0.285. The second kappa shape index (κ2) is 14.7. The summed E-state index contributed by atoms with van der Waals surface area (Å²) in [6.45, 7) is 5.46. The van der Waals surface area contributed by atoms with Crippen molar-refractivity contribution in [1.29, 1.82) is 0 Å². The molecule has 41 heavy (non-hydrogen) atoms. The molecule has 6 nitrogen and oxygen atoms in total. The first kappa shape index (κ1) is 29.4. The van der Waals surface area contributed by atoms with Gasteiger partial charge in [-0.15, -0.1) is 6.58 Å². The lowest BCUT2D eigenvalue weighted by Crippen LogP contribution is -2.64. The van der Waals surface area contributed by atoms with Crippen molar-refractivity contribution < 1.29 is 18.9 Å². The fourth-order valence-electron chi connectivity index (χ4n) is 5.62. The van der Waals surface area contributed by atoms with Gasteiger partial charge in [-0.1, -0.05) is 91.0 Å². The fourth-order valence-corrected chi connectivity index (χ4v) is 5.62. The van der Waals surface area contributed by atoms with Crippen molar-refractivity contribution in [2.24, 2.45) is 11.5 Å². The zero-order chi connectivity index (χ0) is 28.4. The van der Waals surface area contributed by atoms with Crippen LogP contribution in [0, 0.1) is 0 Å². The van der Waals surface area contributed by atoms with Crippen molar-refractivity contribution in [2.45, 2.75) is 56.3 Å². The molecule has 1 fully saturated rings. The van der Waals surface area contributed by atoms with Crippen molar-refractivity contribution in [3.63, 3.8) is 0 Å². The summed E-state index contributed by atoms with van der Waals surface area (Å²) in [5.74, 6) is 0. The molecule has 0 aliphatic carbocycles. The molecule has 1 aliphatic heterocycles. The molecule has 0 bridgehead atoms. The van der Waals surface area contributed by atoms with Crippen molar-refractivity contribution in [3.8, 4) is 0 Å². The molecule has 0 aromatic heterocycles. The van der Waals surface area contributed by atoms with E-state index in [0.29, 0.717) is 19.8 Å². The van der Waals surface area contributed by atoms with E-state index in [9.17, 15) is 0 Å². The molecule has 1 heterocycles. The Hall–Kier alpha value is -3.10. The molecule has 4 N–H and O–H groups in total. The lowest BCUT2D eigenvalue weighted by Gasteiger charge is -2.44. The van der Waals surface area contributed by atoms with E-state index in [0.717, 1.165) is 25.7 Å². The Morgan fingerprint density at radius 1 is 0.707 bits per heavy atom. The lowest BCUT2D eigenvalue weighted by atomic mass is 9.96. The zero-order valence-corrected chi connectivity index (χ0v) is 23.7. The number of ether oxygens (including phenoxy) is 4. The third-order valence-electron chi connectivity index (χ3n) is 7.77. The van der Waals surface area contributed by atoms with Gasteiger partial charge in [-0.3, -0.25) is 0 Å². The van der Waals surface area contributed by atoms with Crippen LogP contribution in [0.25, 0.3) is 21.5 Å². The molecule has 1 aliphatic rings. The van der Waals surface area contributed by atoms with E-state index in [1.807, 2.05) is 0 Å². The molecular weight excluding hydrogens is 512 g/mol. The summed E-state index contributed by atoms with van der Waals surface area (Å²) >= 11 is 0. The molecule has 6 heteroatoms. The molecule has 0 spiro atoms. The molecular formula is C35H42N2O4. The van der Waals surface area contributed by atoms with E-state index in [1.54, 1.807) is 6.08 Å². The van der Waals surface area contributed by atoms with E-state index in [2.05, 4.69) is 91.5 Å². The second-order valence-corrected chi connectivity index (χ2v) is 10.7. The Morgan fingerprint density at radius 2 is 1.24 bits per heavy atom. The van der Waals surface area contributed by atoms with E-state index in [-0.39, 0.29) is 18.8 Å². The molecule has 216 valence electrons. The van der Waals surface area contributed by atoms with Gasteiger partial charge in [0.05, 0.1) is 12.6 Å². The van der Waals surface area contributed by atoms with Gasteiger partial charge in [0.15, 0.2) is 6.29 Å². The standard InChI is InChI=1S/C35H42N2O4/c1-2-19-40-35-32(37)34(39-21-8-10-26-16-18-28-12-4-6-14-30(28)23-26)33(31(24-36)41-35)38-20-7-9-25-15-17-27-11-3-5-13-29(27)22-25/h2-6,11-18,22-23,31-35H,1,7-10,19-21,24,36-37H2/t31?,32?,33?,34-,35?/m0/s1. The van der Waals surface area contributed by atoms with Gasteiger partial charge >= 0.3 is 0 Å². The molecule has 5 atom stereocenters. The van der Waals surface area contributed by atoms with Gasteiger partial charge in [0.1, 0.15) is 18.3 Å². The summed E-state index contributed by atoms with van der Waals surface area (Å²) in [5, 5.41) is 5.01. The number of fused-ring (bicyclic) bond motifs is 2. The maximum atomic E-state index is 6.64. The molecule has 1 saturated heterocycles. The van der Waals surface area contributed by atoms with Crippen LogP contribution in [0.5, 0.6) is 0 Å². The highest BCUT2D eigenvalue weighted by Crippen LogP contribution is 2.26. The molecule has 4 aromatic rings. The second-order valence-electron chi connectivity index (χ2n) is 10.7.